The fraction of sp³-hybridized carbons (Fsp3) is 0.0833. The summed E-state index contributed by atoms with van der Waals surface area (Å²) in [5, 5.41) is 0.119. The van der Waals surface area contributed by atoms with Gasteiger partial charge >= 0.3 is 0 Å². The number of anilines is 1. The van der Waals surface area contributed by atoms with Crippen LogP contribution in [0.15, 0.2) is 85.3 Å². The molecule has 0 saturated carbocycles. The van der Waals surface area contributed by atoms with E-state index in [4.69, 9.17) is 4.42 Å². The average molecular weight is 496 g/mol. The third kappa shape index (κ3) is 3.28. The lowest BCUT2D eigenvalue weighted by atomic mass is 9.98. The molecule has 0 spiro atoms. The molecule has 0 saturated heterocycles. The number of fused-ring (bicyclic) bond motifs is 2. The Morgan fingerprint density at radius 1 is 1.03 bits per heavy atom. The Balaban J connectivity index is 1.80. The van der Waals surface area contributed by atoms with E-state index in [9.17, 15) is 14.0 Å². The van der Waals surface area contributed by atoms with Gasteiger partial charge < -0.3 is 4.42 Å². The highest BCUT2D eigenvalue weighted by Gasteiger charge is 2.43. The zero-order valence-electron chi connectivity index (χ0n) is 16.3. The van der Waals surface area contributed by atoms with E-state index in [2.05, 4.69) is 15.9 Å². The Kier molecular flexibility index (Phi) is 4.95. The Morgan fingerprint density at radius 2 is 1.81 bits per heavy atom. The molecule has 4 nitrogen and oxygen atoms in total. The third-order valence-electron chi connectivity index (χ3n) is 5.35. The molecule has 0 aliphatic carbocycles. The summed E-state index contributed by atoms with van der Waals surface area (Å²) in [5.41, 5.74) is 1.40. The van der Waals surface area contributed by atoms with Gasteiger partial charge in [-0.05, 0) is 60.4 Å². The van der Waals surface area contributed by atoms with Crippen molar-refractivity contribution >= 4 is 50.3 Å². The number of carbonyl (C=O) groups is 1. The van der Waals surface area contributed by atoms with E-state index >= 15 is 0 Å². The van der Waals surface area contributed by atoms with E-state index in [0.717, 1.165) is 21.0 Å². The predicted molar refractivity (Wildman–Crippen MR) is 123 cm³/mol. The van der Waals surface area contributed by atoms with Gasteiger partial charge in [0.05, 0.1) is 17.0 Å². The minimum atomic E-state index is -0.684. The summed E-state index contributed by atoms with van der Waals surface area (Å²) in [4.78, 5) is 29.6. The van der Waals surface area contributed by atoms with Crippen LogP contribution in [-0.2, 0) is 0 Å². The Hall–Kier alpha value is -2.90. The second-order valence-electron chi connectivity index (χ2n) is 7.15. The van der Waals surface area contributed by atoms with E-state index in [1.807, 2.05) is 54.8 Å². The fourth-order valence-electron chi connectivity index (χ4n) is 3.94. The Morgan fingerprint density at radius 3 is 2.52 bits per heavy atom. The van der Waals surface area contributed by atoms with Crippen LogP contribution in [0.5, 0.6) is 0 Å². The van der Waals surface area contributed by atoms with Crippen molar-refractivity contribution in [1.29, 1.82) is 0 Å². The molecule has 1 atom stereocenters. The molecule has 154 valence electrons. The lowest BCUT2D eigenvalue weighted by Crippen LogP contribution is -2.29. The first-order valence-electron chi connectivity index (χ1n) is 9.47. The molecule has 5 rings (SSSR count). The maximum absolute atomic E-state index is 13.9. The van der Waals surface area contributed by atoms with Crippen molar-refractivity contribution in [2.45, 2.75) is 10.9 Å². The van der Waals surface area contributed by atoms with Crippen LogP contribution in [0.25, 0.3) is 11.0 Å². The van der Waals surface area contributed by atoms with Gasteiger partial charge in [-0.1, -0.05) is 34.1 Å². The van der Waals surface area contributed by atoms with Gasteiger partial charge in [0.15, 0.2) is 5.43 Å². The lowest BCUT2D eigenvalue weighted by Gasteiger charge is -2.25. The molecule has 1 aromatic heterocycles. The van der Waals surface area contributed by atoms with E-state index in [0.29, 0.717) is 5.69 Å². The average Bonchev–Trinajstić information content (AvgIpc) is 3.07. The van der Waals surface area contributed by atoms with Crippen LogP contribution < -0.4 is 10.3 Å². The standard InChI is InChI=1S/C24H15BrFNO3S/c1-31-17-8-5-13(6-9-17)21-20-22(28)18-12-15(26)7-10-19(18)30-23(20)24(29)27(21)16-4-2-3-14(25)11-16/h2-12,21H,1H3. The highest BCUT2D eigenvalue weighted by atomic mass is 79.9. The minimum absolute atomic E-state index is 0.0111. The minimum Gasteiger partial charge on any atom is -0.450 e. The molecule has 2 heterocycles. The fourth-order valence-corrected chi connectivity index (χ4v) is 4.73. The van der Waals surface area contributed by atoms with E-state index in [-0.39, 0.29) is 22.3 Å². The van der Waals surface area contributed by atoms with Crippen molar-refractivity contribution in [3.8, 4) is 0 Å². The van der Waals surface area contributed by atoms with Crippen LogP contribution in [0.1, 0.15) is 27.7 Å². The van der Waals surface area contributed by atoms with Crippen molar-refractivity contribution in [2.24, 2.45) is 0 Å². The first-order chi connectivity index (χ1) is 15.0. The first-order valence-corrected chi connectivity index (χ1v) is 11.5. The number of amides is 1. The van der Waals surface area contributed by atoms with Crippen LogP contribution in [0.4, 0.5) is 10.1 Å². The summed E-state index contributed by atoms with van der Waals surface area (Å²) in [6, 6.07) is 18.1. The number of halogens is 2. The Labute approximate surface area is 189 Å². The van der Waals surface area contributed by atoms with Gasteiger partial charge in [0.25, 0.3) is 5.91 Å². The van der Waals surface area contributed by atoms with Crippen LogP contribution >= 0.6 is 27.7 Å². The highest BCUT2D eigenvalue weighted by Crippen LogP contribution is 2.42. The molecule has 31 heavy (non-hydrogen) atoms. The molecule has 7 heteroatoms. The van der Waals surface area contributed by atoms with E-state index in [1.165, 1.54) is 12.1 Å². The monoisotopic (exact) mass is 495 g/mol. The predicted octanol–water partition coefficient (Wildman–Crippen LogP) is 6.17. The quantitative estimate of drug-likeness (QED) is 0.319. The number of thioether (sulfide) groups is 1. The van der Waals surface area contributed by atoms with Gasteiger partial charge in [-0.25, -0.2) is 4.39 Å². The van der Waals surface area contributed by atoms with Gasteiger partial charge in [-0.3, -0.25) is 14.5 Å². The number of benzene rings is 3. The van der Waals surface area contributed by atoms with Crippen molar-refractivity contribution in [3.05, 3.63) is 104 Å². The number of carbonyl (C=O) groups excluding carboxylic acids is 1. The van der Waals surface area contributed by atoms with E-state index in [1.54, 1.807) is 16.7 Å². The molecular weight excluding hydrogens is 481 g/mol. The topological polar surface area (TPSA) is 50.5 Å². The first kappa shape index (κ1) is 20.0. The zero-order chi connectivity index (χ0) is 21.7. The summed E-state index contributed by atoms with van der Waals surface area (Å²) in [5.74, 6) is -0.952. The van der Waals surface area contributed by atoms with Gasteiger partial charge in [0.1, 0.15) is 11.4 Å². The summed E-state index contributed by atoms with van der Waals surface area (Å²) < 4.78 is 20.5. The van der Waals surface area contributed by atoms with Crippen LogP contribution in [-0.4, -0.2) is 12.2 Å². The molecule has 1 amide bonds. The van der Waals surface area contributed by atoms with Gasteiger partial charge in [0, 0.05) is 15.1 Å². The summed E-state index contributed by atoms with van der Waals surface area (Å²) in [7, 11) is 0. The van der Waals surface area contributed by atoms with Crippen molar-refractivity contribution < 1.29 is 13.6 Å². The zero-order valence-corrected chi connectivity index (χ0v) is 18.7. The maximum atomic E-state index is 13.9. The number of nitrogens with zero attached hydrogens (tertiary/aromatic N) is 1. The largest absolute Gasteiger partial charge is 0.450 e. The van der Waals surface area contributed by atoms with Crippen molar-refractivity contribution in [1.82, 2.24) is 0 Å². The summed E-state index contributed by atoms with van der Waals surface area (Å²) in [6.07, 6.45) is 1.98. The molecule has 0 N–H and O–H groups in total. The molecule has 1 aliphatic rings. The maximum Gasteiger partial charge on any atom is 0.295 e. The Bertz CT molecular complexity index is 1400. The third-order valence-corrected chi connectivity index (χ3v) is 6.59. The SMILES string of the molecule is CSc1ccc(C2c3c(oc4ccc(F)cc4c3=O)C(=O)N2c2cccc(Br)c2)cc1. The molecule has 0 fully saturated rings. The number of hydrogen-bond acceptors (Lipinski definition) is 4. The molecule has 1 aliphatic heterocycles. The lowest BCUT2D eigenvalue weighted by molar-refractivity contribution is 0.0971. The van der Waals surface area contributed by atoms with Gasteiger partial charge in [-0.15, -0.1) is 11.8 Å². The molecule has 1 unspecified atom stereocenters. The van der Waals surface area contributed by atoms with E-state index < -0.39 is 23.2 Å². The van der Waals surface area contributed by atoms with Crippen molar-refractivity contribution in [3.63, 3.8) is 0 Å². The summed E-state index contributed by atoms with van der Waals surface area (Å²) in [6.45, 7) is 0. The molecule has 3 aromatic carbocycles. The molecular formula is C24H15BrFNO3S. The van der Waals surface area contributed by atoms with Crippen LogP contribution in [0, 0.1) is 5.82 Å². The molecule has 0 bridgehead atoms. The summed E-state index contributed by atoms with van der Waals surface area (Å²) >= 11 is 5.05. The van der Waals surface area contributed by atoms with Crippen LogP contribution in [0.3, 0.4) is 0 Å². The highest BCUT2D eigenvalue weighted by molar-refractivity contribution is 9.10. The van der Waals surface area contributed by atoms with Crippen LogP contribution in [0.2, 0.25) is 0 Å². The smallest absolute Gasteiger partial charge is 0.295 e. The number of rotatable bonds is 3. The normalized spacial score (nSPS) is 15.5. The molecule has 0 radical (unpaired) electrons. The molecule has 4 aromatic rings. The number of hydrogen-bond donors (Lipinski definition) is 0. The second kappa shape index (κ2) is 7.66. The van der Waals surface area contributed by atoms with Crippen molar-refractivity contribution in [2.75, 3.05) is 11.2 Å². The van der Waals surface area contributed by atoms with Gasteiger partial charge in [-0.2, -0.15) is 0 Å². The van der Waals surface area contributed by atoms with Gasteiger partial charge in [0.2, 0.25) is 5.76 Å². The second-order valence-corrected chi connectivity index (χ2v) is 8.94.